The number of fused-ring (bicyclic) bond motifs is 1. The maximum absolute atomic E-state index is 12.1. The Morgan fingerprint density at radius 1 is 1.38 bits per heavy atom. The SMILES string of the molecule is CCN(C)C(=O)Cn1ccc2c(CNC3CC3)cccc21. The maximum atomic E-state index is 12.1. The van der Waals surface area contributed by atoms with Crippen molar-refractivity contribution in [3.05, 3.63) is 36.0 Å². The highest BCUT2D eigenvalue weighted by Crippen LogP contribution is 2.23. The Morgan fingerprint density at radius 3 is 2.90 bits per heavy atom. The van der Waals surface area contributed by atoms with Gasteiger partial charge in [-0.3, -0.25) is 4.79 Å². The largest absolute Gasteiger partial charge is 0.344 e. The lowest BCUT2D eigenvalue weighted by atomic mass is 10.1. The number of aromatic nitrogens is 1. The van der Waals surface area contributed by atoms with Gasteiger partial charge >= 0.3 is 0 Å². The predicted molar refractivity (Wildman–Crippen MR) is 85.1 cm³/mol. The zero-order valence-electron chi connectivity index (χ0n) is 12.8. The van der Waals surface area contributed by atoms with E-state index in [0.717, 1.165) is 18.6 Å². The van der Waals surface area contributed by atoms with Crippen LogP contribution in [0, 0.1) is 0 Å². The fourth-order valence-electron chi connectivity index (χ4n) is 2.56. The van der Waals surface area contributed by atoms with Crippen LogP contribution in [0.4, 0.5) is 0 Å². The van der Waals surface area contributed by atoms with Crippen molar-refractivity contribution in [3.63, 3.8) is 0 Å². The topological polar surface area (TPSA) is 37.3 Å². The first-order chi connectivity index (χ1) is 10.2. The van der Waals surface area contributed by atoms with Crippen LogP contribution in [-0.2, 0) is 17.9 Å². The van der Waals surface area contributed by atoms with E-state index in [2.05, 4.69) is 29.6 Å². The molecule has 3 rings (SSSR count). The summed E-state index contributed by atoms with van der Waals surface area (Å²) in [6.07, 6.45) is 4.62. The smallest absolute Gasteiger partial charge is 0.242 e. The number of nitrogens with one attached hydrogen (secondary N) is 1. The normalized spacial score (nSPS) is 14.6. The summed E-state index contributed by atoms with van der Waals surface area (Å²) in [5.41, 5.74) is 2.46. The average Bonchev–Trinajstić information content (AvgIpc) is 3.25. The molecule has 1 aliphatic carbocycles. The Hall–Kier alpha value is -1.81. The summed E-state index contributed by atoms with van der Waals surface area (Å²) in [5, 5.41) is 4.81. The highest BCUT2D eigenvalue weighted by molar-refractivity contribution is 5.85. The monoisotopic (exact) mass is 285 g/mol. The summed E-state index contributed by atoms with van der Waals surface area (Å²) in [4.78, 5) is 13.8. The first kappa shape index (κ1) is 14.1. The molecule has 1 aliphatic rings. The van der Waals surface area contributed by atoms with E-state index < -0.39 is 0 Å². The zero-order chi connectivity index (χ0) is 14.8. The molecule has 1 N–H and O–H groups in total. The lowest BCUT2D eigenvalue weighted by molar-refractivity contribution is -0.130. The van der Waals surface area contributed by atoms with Gasteiger partial charge in [-0.1, -0.05) is 12.1 Å². The first-order valence-electron chi connectivity index (χ1n) is 7.73. The van der Waals surface area contributed by atoms with Crippen molar-refractivity contribution in [2.24, 2.45) is 0 Å². The van der Waals surface area contributed by atoms with Gasteiger partial charge in [0.15, 0.2) is 0 Å². The molecule has 0 spiro atoms. The van der Waals surface area contributed by atoms with Crippen LogP contribution in [0.5, 0.6) is 0 Å². The molecule has 1 heterocycles. The second kappa shape index (κ2) is 5.90. The molecule has 1 aromatic heterocycles. The molecule has 1 saturated carbocycles. The van der Waals surface area contributed by atoms with Crippen LogP contribution in [0.2, 0.25) is 0 Å². The molecule has 0 unspecified atom stereocenters. The number of hydrogen-bond acceptors (Lipinski definition) is 2. The van der Waals surface area contributed by atoms with Gasteiger partial charge in [-0.2, -0.15) is 0 Å². The minimum atomic E-state index is 0.150. The summed E-state index contributed by atoms with van der Waals surface area (Å²) in [7, 11) is 1.85. The summed E-state index contributed by atoms with van der Waals surface area (Å²) in [6.45, 7) is 4.06. The van der Waals surface area contributed by atoms with Gasteiger partial charge in [-0.05, 0) is 37.5 Å². The van der Waals surface area contributed by atoms with Gasteiger partial charge in [0.05, 0.1) is 0 Å². The second-order valence-electron chi connectivity index (χ2n) is 5.86. The number of carbonyl (C=O) groups excluding carboxylic acids is 1. The van der Waals surface area contributed by atoms with Crippen LogP contribution in [0.3, 0.4) is 0 Å². The van der Waals surface area contributed by atoms with Crippen molar-refractivity contribution < 1.29 is 4.79 Å². The van der Waals surface area contributed by atoms with E-state index >= 15 is 0 Å². The van der Waals surface area contributed by atoms with E-state index in [0.29, 0.717) is 12.6 Å². The molecule has 0 atom stereocenters. The molecule has 1 aromatic carbocycles. The minimum absolute atomic E-state index is 0.150. The second-order valence-corrected chi connectivity index (χ2v) is 5.86. The lowest BCUT2D eigenvalue weighted by Gasteiger charge is -2.15. The van der Waals surface area contributed by atoms with Crippen molar-refractivity contribution in [3.8, 4) is 0 Å². The van der Waals surface area contributed by atoms with Crippen LogP contribution >= 0.6 is 0 Å². The zero-order valence-corrected chi connectivity index (χ0v) is 12.8. The Kier molecular flexibility index (Phi) is 3.97. The van der Waals surface area contributed by atoms with E-state index in [1.54, 1.807) is 4.90 Å². The minimum Gasteiger partial charge on any atom is -0.344 e. The van der Waals surface area contributed by atoms with Crippen molar-refractivity contribution in [1.82, 2.24) is 14.8 Å². The number of nitrogens with zero attached hydrogens (tertiary/aromatic N) is 2. The van der Waals surface area contributed by atoms with Crippen LogP contribution in [0.25, 0.3) is 10.9 Å². The van der Waals surface area contributed by atoms with Crippen molar-refractivity contribution in [2.75, 3.05) is 13.6 Å². The van der Waals surface area contributed by atoms with Gasteiger partial charge in [0.1, 0.15) is 6.54 Å². The van der Waals surface area contributed by atoms with E-state index in [9.17, 15) is 4.79 Å². The molecule has 4 heteroatoms. The van der Waals surface area contributed by atoms with Crippen molar-refractivity contribution >= 4 is 16.8 Å². The van der Waals surface area contributed by atoms with Crippen molar-refractivity contribution in [2.45, 2.75) is 38.9 Å². The van der Waals surface area contributed by atoms with Gasteiger partial charge in [0.2, 0.25) is 5.91 Å². The van der Waals surface area contributed by atoms with E-state index in [1.807, 2.05) is 24.7 Å². The number of carbonyl (C=O) groups is 1. The molecule has 0 aliphatic heterocycles. The number of rotatable bonds is 6. The third-order valence-electron chi connectivity index (χ3n) is 4.27. The van der Waals surface area contributed by atoms with E-state index in [1.165, 1.54) is 23.8 Å². The van der Waals surface area contributed by atoms with Gasteiger partial charge in [0, 0.05) is 43.3 Å². The van der Waals surface area contributed by atoms with E-state index in [-0.39, 0.29) is 5.91 Å². The van der Waals surface area contributed by atoms with Crippen LogP contribution in [-0.4, -0.2) is 35.0 Å². The molecule has 1 fully saturated rings. The highest BCUT2D eigenvalue weighted by atomic mass is 16.2. The molecule has 0 bridgehead atoms. The molecule has 21 heavy (non-hydrogen) atoms. The van der Waals surface area contributed by atoms with Crippen molar-refractivity contribution in [1.29, 1.82) is 0 Å². The van der Waals surface area contributed by atoms with Gasteiger partial charge in [-0.25, -0.2) is 0 Å². The van der Waals surface area contributed by atoms with Gasteiger partial charge in [-0.15, -0.1) is 0 Å². The summed E-state index contributed by atoms with van der Waals surface area (Å²) in [5.74, 6) is 0.150. The molecule has 0 radical (unpaired) electrons. The van der Waals surface area contributed by atoms with E-state index in [4.69, 9.17) is 0 Å². The third kappa shape index (κ3) is 3.10. The lowest BCUT2D eigenvalue weighted by Crippen LogP contribution is -2.29. The first-order valence-corrected chi connectivity index (χ1v) is 7.73. The summed E-state index contributed by atoms with van der Waals surface area (Å²) in [6, 6.07) is 9.18. The van der Waals surface area contributed by atoms with Crippen LogP contribution in [0.1, 0.15) is 25.3 Å². The van der Waals surface area contributed by atoms with Crippen LogP contribution < -0.4 is 5.32 Å². The number of amides is 1. The highest BCUT2D eigenvalue weighted by Gasteiger charge is 2.20. The molecule has 1 amide bonds. The van der Waals surface area contributed by atoms with Gasteiger partial charge in [0.25, 0.3) is 0 Å². The molecular weight excluding hydrogens is 262 g/mol. The molecule has 112 valence electrons. The quantitative estimate of drug-likeness (QED) is 0.885. The fourth-order valence-corrected chi connectivity index (χ4v) is 2.56. The molecule has 4 nitrogen and oxygen atoms in total. The number of hydrogen-bond donors (Lipinski definition) is 1. The standard InChI is InChI=1S/C17H23N3O/c1-3-19(2)17(21)12-20-10-9-15-13(5-4-6-16(15)20)11-18-14-7-8-14/h4-6,9-10,14,18H,3,7-8,11-12H2,1-2H3. The number of benzene rings is 1. The molecule has 0 saturated heterocycles. The Bertz CT molecular complexity index is 643. The summed E-state index contributed by atoms with van der Waals surface area (Å²) < 4.78 is 2.05. The Labute approximate surface area is 125 Å². The fraction of sp³-hybridized carbons (Fsp3) is 0.471. The Morgan fingerprint density at radius 2 is 2.19 bits per heavy atom. The predicted octanol–water partition coefficient (Wildman–Crippen LogP) is 2.37. The average molecular weight is 285 g/mol. The molecular formula is C17H23N3O. The molecule has 2 aromatic rings. The third-order valence-corrected chi connectivity index (χ3v) is 4.27. The number of likely N-dealkylation sites (N-methyl/N-ethyl adjacent to an activating group) is 1. The van der Waals surface area contributed by atoms with Crippen LogP contribution in [0.15, 0.2) is 30.5 Å². The maximum Gasteiger partial charge on any atom is 0.242 e. The summed E-state index contributed by atoms with van der Waals surface area (Å²) >= 11 is 0. The Balaban J connectivity index is 1.80. The van der Waals surface area contributed by atoms with Gasteiger partial charge < -0.3 is 14.8 Å².